The molecular weight excluding hydrogens is 258 g/mol. The van der Waals surface area contributed by atoms with E-state index >= 15 is 0 Å². The highest BCUT2D eigenvalue weighted by Crippen LogP contribution is 2.20. The van der Waals surface area contributed by atoms with Crippen LogP contribution in [-0.4, -0.2) is 65.7 Å². The highest BCUT2D eigenvalue weighted by molar-refractivity contribution is 5.80. The van der Waals surface area contributed by atoms with Gasteiger partial charge in [-0.3, -0.25) is 4.79 Å². The first-order valence-electron chi connectivity index (χ1n) is 7.11. The zero-order chi connectivity index (χ0) is 15.5. The Morgan fingerprint density at radius 1 is 1.30 bits per heavy atom. The van der Waals surface area contributed by atoms with Crippen molar-refractivity contribution in [3.63, 3.8) is 0 Å². The SMILES string of the molecule is CC(O)C(C)(C)NC(=O)C1CCN(C(=O)N(C)C)CC1. The summed E-state index contributed by atoms with van der Waals surface area (Å²) in [6, 6.07) is -0.00633. The minimum absolute atomic E-state index is 0.00633. The number of piperidine rings is 1. The number of nitrogens with one attached hydrogen (secondary N) is 1. The lowest BCUT2D eigenvalue weighted by Crippen LogP contribution is -2.54. The molecule has 6 nitrogen and oxygen atoms in total. The van der Waals surface area contributed by atoms with Crippen LogP contribution in [0.2, 0.25) is 0 Å². The third-order valence-corrected chi connectivity index (χ3v) is 4.01. The molecule has 1 heterocycles. The molecule has 6 heteroatoms. The summed E-state index contributed by atoms with van der Waals surface area (Å²) in [6.07, 6.45) is 0.727. The predicted molar refractivity (Wildman–Crippen MR) is 77.3 cm³/mol. The highest BCUT2D eigenvalue weighted by Gasteiger charge is 2.32. The molecular formula is C14H27N3O3. The van der Waals surface area contributed by atoms with Crippen molar-refractivity contribution in [1.82, 2.24) is 15.1 Å². The second-order valence-electron chi connectivity index (χ2n) is 6.33. The summed E-state index contributed by atoms with van der Waals surface area (Å²) in [5, 5.41) is 12.5. The number of likely N-dealkylation sites (tertiary alicyclic amines) is 1. The Morgan fingerprint density at radius 3 is 2.20 bits per heavy atom. The zero-order valence-electron chi connectivity index (χ0n) is 13.1. The second kappa shape index (κ2) is 6.43. The topological polar surface area (TPSA) is 72.9 Å². The van der Waals surface area contributed by atoms with Crippen molar-refractivity contribution >= 4 is 11.9 Å². The van der Waals surface area contributed by atoms with Gasteiger partial charge in [0.2, 0.25) is 5.91 Å². The summed E-state index contributed by atoms with van der Waals surface area (Å²) in [5.74, 6) is -0.118. The number of urea groups is 1. The lowest BCUT2D eigenvalue weighted by molar-refractivity contribution is -0.129. The first-order valence-corrected chi connectivity index (χ1v) is 7.11. The van der Waals surface area contributed by atoms with Gasteiger partial charge < -0.3 is 20.2 Å². The molecule has 1 atom stereocenters. The van der Waals surface area contributed by atoms with E-state index in [9.17, 15) is 14.7 Å². The quantitative estimate of drug-likeness (QED) is 0.800. The Bertz CT molecular complexity index is 359. The van der Waals surface area contributed by atoms with Gasteiger partial charge in [-0.25, -0.2) is 4.79 Å². The molecule has 0 aliphatic carbocycles. The molecule has 20 heavy (non-hydrogen) atoms. The molecule has 0 bridgehead atoms. The molecule has 1 aliphatic heterocycles. The van der Waals surface area contributed by atoms with Gasteiger partial charge in [-0.15, -0.1) is 0 Å². The van der Waals surface area contributed by atoms with E-state index in [2.05, 4.69) is 5.32 Å². The fraction of sp³-hybridized carbons (Fsp3) is 0.857. The number of nitrogens with zero attached hydrogens (tertiary/aromatic N) is 2. The standard InChI is InChI=1S/C14H27N3O3/c1-10(18)14(2,3)15-12(19)11-6-8-17(9-7-11)13(20)16(4)5/h10-11,18H,6-9H2,1-5H3,(H,15,19). The molecule has 0 spiro atoms. The van der Waals surface area contributed by atoms with Gasteiger partial charge in [0.05, 0.1) is 11.6 Å². The summed E-state index contributed by atoms with van der Waals surface area (Å²) in [6.45, 7) is 6.48. The summed E-state index contributed by atoms with van der Waals surface area (Å²) in [7, 11) is 3.46. The smallest absolute Gasteiger partial charge is 0.319 e. The predicted octanol–water partition coefficient (Wildman–Crippen LogP) is 0.656. The summed E-state index contributed by atoms with van der Waals surface area (Å²) >= 11 is 0. The van der Waals surface area contributed by atoms with Crippen molar-refractivity contribution in [3.8, 4) is 0 Å². The highest BCUT2D eigenvalue weighted by atomic mass is 16.3. The molecule has 0 aromatic rings. The molecule has 0 aromatic carbocycles. The van der Waals surface area contributed by atoms with Gasteiger partial charge >= 0.3 is 6.03 Å². The molecule has 3 amide bonds. The molecule has 1 aliphatic rings. The van der Waals surface area contributed by atoms with Crippen molar-refractivity contribution in [2.75, 3.05) is 27.2 Å². The maximum atomic E-state index is 12.2. The van der Waals surface area contributed by atoms with Crippen LogP contribution >= 0.6 is 0 Å². The summed E-state index contributed by atoms with van der Waals surface area (Å²) in [5.41, 5.74) is -0.631. The van der Waals surface area contributed by atoms with Crippen LogP contribution in [0.5, 0.6) is 0 Å². The van der Waals surface area contributed by atoms with E-state index in [0.29, 0.717) is 25.9 Å². The molecule has 2 N–H and O–H groups in total. The van der Waals surface area contributed by atoms with Crippen molar-refractivity contribution in [3.05, 3.63) is 0 Å². The van der Waals surface area contributed by atoms with Gasteiger partial charge in [0, 0.05) is 33.1 Å². The average molecular weight is 285 g/mol. The van der Waals surface area contributed by atoms with Gasteiger partial charge in [-0.1, -0.05) is 0 Å². The van der Waals surface area contributed by atoms with E-state index in [4.69, 9.17) is 0 Å². The molecule has 1 rings (SSSR count). The van der Waals surface area contributed by atoms with Crippen molar-refractivity contribution < 1.29 is 14.7 Å². The number of aliphatic hydroxyl groups is 1. The minimum atomic E-state index is -0.631. The molecule has 0 aromatic heterocycles. The van der Waals surface area contributed by atoms with Gasteiger partial charge in [-0.2, -0.15) is 0 Å². The molecule has 1 saturated heterocycles. The van der Waals surface area contributed by atoms with Crippen LogP contribution in [0.4, 0.5) is 4.79 Å². The Morgan fingerprint density at radius 2 is 1.80 bits per heavy atom. The van der Waals surface area contributed by atoms with Crippen molar-refractivity contribution in [1.29, 1.82) is 0 Å². The van der Waals surface area contributed by atoms with E-state index in [0.717, 1.165) is 0 Å². The first kappa shape index (κ1) is 16.8. The van der Waals surface area contributed by atoms with Gasteiger partial charge in [0.25, 0.3) is 0 Å². The molecule has 116 valence electrons. The summed E-state index contributed by atoms with van der Waals surface area (Å²) < 4.78 is 0. The zero-order valence-corrected chi connectivity index (χ0v) is 13.1. The number of rotatable bonds is 3. The van der Waals surface area contributed by atoms with Crippen molar-refractivity contribution in [2.45, 2.75) is 45.3 Å². The van der Waals surface area contributed by atoms with Gasteiger partial charge in [0.15, 0.2) is 0 Å². The van der Waals surface area contributed by atoms with E-state index in [-0.39, 0.29) is 17.9 Å². The third-order valence-electron chi connectivity index (χ3n) is 4.01. The van der Waals surface area contributed by atoms with E-state index < -0.39 is 11.6 Å². The van der Waals surface area contributed by atoms with Crippen LogP contribution in [0.25, 0.3) is 0 Å². The number of carbonyl (C=O) groups excluding carboxylic acids is 2. The Labute approximate surface area is 121 Å². The normalized spacial score (nSPS) is 18.6. The van der Waals surface area contributed by atoms with E-state index in [1.807, 2.05) is 0 Å². The Hall–Kier alpha value is -1.30. The number of hydrogen-bond donors (Lipinski definition) is 2. The summed E-state index contributed by atoms with van der Waals surface area (Å²) in [4.78, 5) is 27.3. The molecule has 0 saturated carbocycles. The number of carbonyl (C=O) groups is 2. The maximum absolute atomic E-state index is 12.2. The van der Waals surface area contributed by atoms with Crippen LogP contribution in [0.15, 0.2) is 0 Å². The van der Waals surface area contributed by atoms with E-state index in [1.165, 1.54) is 0 Å². The largest absolute Gasteiger partial charge is 0.391 e. The number of aliphatic hydroxyl groups excluding tert-OH is 1. The molecule has 0 radical (unpaired) electrons. The fourth-order valence-corrected chi connectivity index (χ4v) is 2.14. The Balaban J connectivity index is 2.49. The molecule has 1 unspecified atom stereocenters. The van der Waals surface area contributed by atoms with Crippen LogP contribution in [0, 0.1) is 5.92 Å². The first-order chi connectivity index (χ1) is 9.15. The minimum Gasteiger partial charge on any atom is -0.391 e. The average Bonchev–Trinajstić information content (AvgIpc) is 2.37. The number of hydrogen-bond acceptors (Lipinski definition) is 3. The van der Waals surface area contributed by atoms with Gasteiger partial charge in [-0.05, 0) is 33.6 Å². The van der Waals surface area contributed by atoms with Crippen LogP contribution in [0.1, 0.15) is 33.6 Å². The van der Waals surface area contributed by atoms with Crippen LogP contribution in [-0.2, 0) is 4.79 Å². The Kier molecular flexibility index (Phi) is 5.39. The fourth-order valence-electron chi connectivity index (χ4n) is 2.14. The molecule has 1 fully saturated rings. The van der Waals surface area contributed by atoms with Crippen molar-refractivity contribution in [2.24, 2.45) is 5.92 Å². The van der Waals surface area contributed by atoms with Gasteiger partial charge in [0.1, 0.15) is 0 Å². The monoisotopic (exact) mass is 285 g/mol. The maximum Gasteiger partial charge on any atom is 0.319 e. The lowest BCUT2D eigenvalue weighted by atomic mass is 9.92. The third kappa shape index (κ3) is 4.10. The van der Waals surface area contributed by atoms with Crippen LogP contribution < -0.4 is 5.32 Å². The number of amides is 3. The van der Waals surface area contributed by atoms with E-state index in [1.54, 1.807) is 44.7 Å². The van der Waals surface area contributed by atoms with Crippen LogP contribution in [0.3, 0.4) is 0 Å². The second-order valence-corrected chi connectivity index (χ2v) is 6.33. The lowest BCUT2D eigenvalue weighted by Gasteiger charge is -2.35.